The second kappa shape index (κ2) is 7.40. The summed E-state index contributed by atoms with van der Waals surface area (Å²) in [6.45, 7) is 0.226. The monoisotopic (exact) mass is 398 g/mol. The average molecular weight is 398 g/mol. The van der Waals surface area contributed by atoms with Crippen molar-refractivity contribution < 1.29 is 14.2 Å². The molecule has 3 aromatic carbocycles. The molecular formula is C24H18N2O4. The minimum atomic E-state index is -0.140. The number of hydrogen-bond donors (Lipinski definition) is 0. The fourth-order valence-corrected chi connectivity index (χ4v) is 3.45. The van der Waals surface area contributed by atoms with E-state index in [1.807, 2.05) is 72.8 Å². The maximum atomic E-state index is 13.3. The highest BCUT2D eigenvalue weighted by Gasteiger charge is 2.14. The van der Waals surface area contributed by atoms with Crippen molar-refractivity contribution in [2.24, 2.45) is 0 Å². The zero-order valence-electron chi connectivity index (χ0n) is 16.2. The van der Waals surface area contributed by atoms with Gasteiger partial charge in [-0.25, -0.2) is 4.98 Å². The molecule has 5 rings (SSSR count). The molecule has 4 aromatic rings. The minimum Gasteiger partial charge on any atom is -0.497 e. The molecule has 1 aromatic heterocycles. The van der Waals surface area contributed by atoms with Crippen LogP contribution in [-0.4, -0.2) is 23.5 Å². The molecule has 1 aliphatic rings. The Balaban J connectivity index is 1.67. The van der Waals surface area contributed by atoms with Crippen LogP contribution in [0.2, 0.25) is 0 Å². The van der Waals surface area contributed by atoms with Gasteiger partial charge < -0.3 is 14.2 Å². The summed E-state index contributed by atoms with van der Waals surface area (Å²) in [5.74, 6) is 2.61. The van der Waals surface area contributed by atoms with Crippen LogP contribution >= 0.6 is 0 Å². The fraction of sp³-hybridized carbons (Fsp3) is 0.0833. The lowest BCUT2D eigenvalue weighted by Crippen LogP contribution is -2.22. The lowest BCUT2D eigenvalue weighted by Gasteiger charge is -2.12. The highest BCUT2D eigenvalue weighted by Crippen LogP contribution is 2.33. The van der Waals surface area contributed by atoms with Gasteiger partial charge >= 0.3 is 0 Å². The molecule has 0 amide bonds. The van der Waals surface area contributed by atoms with Crippen LogP contribution in [0.15, 0.2) is 71.5 Å². The molecular weight excluding hydrogens is 380 g/mol. The number of fused-ring (bicyclic) bond motifs is 2. The van der Waals surface area contributed by atoms with Gasteiger partial charge in [-0.3, -0.25) is 9.36 Å². The molecule has 1 aliphatic heterocycles. The lowest BCUT2D eigenvalue weighted by atomic mass is 10.1. The summed E-state index contributed by atoms with van der Waals surface area (Å²) >= 11 is 0. The molecule has 0 radical (unpaired) electrons. The molecule has 2 heterocycles. The highest BCUT2D eigenvalue weighted by molar-refractivity contribution is 5.80. The van der Waals surface area contributed by atoms with Gasteiger partial charge in [0.2, 0.25) is 6.79 Å². The first-order valence-electron chi connectivity index (χ1n) is 9.47. The number of para-hydroxylation sites is 1. The topological polar surface area (TPSA) is 62.6 Å². The van der Waals surface area contributed by atoms with E-state index in [0.717, 1.165) is 11.3 Å². The van der Waals surface area contributed by atoms with Gasteiger partial charge in [0.15, 0.2) is 11.5 Å². The summed E-state index contributed by atoms with van der Waals surface area (Å²) in [4.78, 5) is 18.1. The molecule has 0 unspecified atom stereocenters. The van der Waals surface area contributed by atoms with E-state index in [0.29, 0.717) is 33.9 Å². The standard InChI is InChI=1S/C24H18N2O4/c1-28-18-6-4-5-17(14-18)26-23(25-20-8-3-2-7-19(20)24(26)27)12-10-16-9-11-21-22(13-16)30-15-29-21/h2-14H,15H2,1H3. The fourth-order valence-electron chi connectivity index (χ4n) is 3.45. The Kier molecular flexibility index (Phi) is 4.44. The van der Waals surface area contributed by atoms with Crippen LogP contribution in [0.25, 0.3) is 28.7 Å². The van der Waals surface area contributed by atoms with Gasteiger partial charge in [-0.05, 0) is 48.0 Å². The number of ether oxygens (including phenoxy) is 3. The summed E-state index contributed by atoms with van der Waals surface area (Å²) in [6, 6.07) is 20.4. The van der Waals surface area contributed by atoms with Crippen LogP contribution in [0.1, 0.15) is 11.4 Å². The van der Waals surface area contributed by atoms with Gasteiger partial charge in [0.1, 0.15) is 11.6 Å². The Hall–Kier alpha value is -4.06. The molecule has 6 heteroatoms. The number of rotatable bonds is 4. The first-order chi connectivity index (χ1) is 14.7. The third-order valence-corrected chi connectivity index (χ3v) is 4.93. The second-order valence-electron chi connectivity index (χ2n) is 6.78. The number of methoxy groups -OCH3 is 1. The number of nitrogens with zero attached hydrogens (tertiary/aromatic N) is 2. The predicted molar refractivity (Wildman–Crippen MR) is 115 cm³/mol. The van der Waals surface area contributed by atoms with Gasteiger partial charge in [-0.1, -0.05) is 30.3 Å². The van der Waals surface area contributed by atoms with Gasteiger partial charge in [0, 0.05) is 6.07 Å². The summed E-state index contributed by atoms with van der Waals surface area (Å²) in [6.07, 6.45) is 3.72. The summed E-state index contributed by atoms with van der Waals surface area (Å²) in [5, 5.41) is 0.556. The summed E-state index contributed by atoms with van der Waals surface area (Å²) in [5.41, 5.74) is 2.10. The maximum Gasteiger partial charge on any atom is 0.266 e. The van der Waals surface area contributed by atoms with Crippen LogP contribution in [0.5, 0.6) is 17.2 Å². The normalized spacial score (nSPS) is 12.6. The first-order valence-corrected chi connectivity index (χ1v) is 9.47. The van der Waals surface area contributed by atoms with Gasteiger partial charge in [-0.2, -0.15) is 0 Å². The summed E-state index contributed by atoms with van der Waals surface area (Å²) < 4.78 is 17.7. The first kappa shape index (κ1) is 18.0. The molecule has 30 heavy (non-hydrogen) atoms. The van der Waals surface area contributed by atoms with Crippen LogP contribution in [-0.2, 0) is 0 Å². The minimum absolute atomic E-state index is 0.140. The SMILES string of the molecule is COc1cccc(-n2c(C=Cc3ccc4c(c3)OCO4)nc3ccccc3c2=O)c1. The van der Waals surface area contributed by atoms with Crippen molar-refractivity contribution in [1.29, 1.82) is 0 Å². The molecule has 0 bridgehead atoms. The highest BCUT2D eigenvalue weighted by atomic mass is 16.7. The van der Waals surface area contributed by atoms with Crippen LogP contribution in [0, 0.1) is 0 Å². The Bertz CT molecular complexity index is 1340. The van der Waals surface area contributed by atoms with Gasteiger partial charge in [-0.15, -0.1) is 0 Å². The molecule has 0 fully saturated rings. The van der Waals surface area contributed by atoms with Gasteiger partial charge in [0.25, 0.3) is 5.56 Å². The third-order valence-electron chi connectivity index (χ3n) is 4.93. The van der Waals surface area contributed by atoms with E-state index < -0.39 is 0 Å². The largest absolute Gasteiger partial charge is 0.497 e. The molecule has 0 aliphatic carbocycles. The van der Waals surface area contributed by atoms with Crippen molar-refractivity contribution in [2.45, 2.75) is 0 Å². The number of aromatic nitrogens is 2. The maximum absolute atomic E-state index is 13.3. The second-order valence-corrected chi connectivity index (χ2v) is 6.78. The Morgan fingerprint density at radius 1 is 0.967 bits per heavy atom. The van der Waals surface area contributed by atoms with Gasteiger partial charge in [0.05, 0.1) is 23.7 Å². The van der Waals surface area contributed by atoms with E-state index in [2.05, 4.69) is 0 Å². The van der Waals surface area contributed by atoms with Crippen LogP contribution in [0.3, 0.4) is 0 Å². The third kappa shape index (κ3) is 3.18. The van der Waals surface area contributed by atoms with E-state index in [-0.39, 0.29) is 12.4 Å². The summed E-state index contributed by atoms with van der Waals surface area (Å²) in [7, 11) is 1.60. The van der Waals surface area contributed by atoms with Crippen molar-refractivity contribution in [1.82, 2.24) is 9.55 Å². The predicted octanol–water partition coefficient (Wildman–Crippen LogP) is 4.29. The van der Waals surface area contributed by atoms with Crippen molar-refractivity contribution in [2.75, 3.05) is 13.9 Å². The number of hydrogen-bond acceptors (Lipinski definition) is 5. The molecule has 6 nitrogen and oxygen atoms in total. The van der Waals surface area contributed by atoms with E-state index in [1.165, 1.54) is 0 Å². The molecule has 148 valence electrons. The number of benzene rings is 3. The Morgan fingerprint density at radius 3 is 2.73 bits per heavy atom. The van der Waals surface area contributed by atoms with Crippen molar-refractivity contribution in [3.05, 3.63) is 88.5 Å². The van der Waals surface area contributed by atoms with Crippen molar-refractivity contribution >= 4 is 23.1 Å². The Labute approximate surface area is 172 Å². The molecule has 0 saturated heterocycles. The zero-order chi connectivity index (χ0) is 20.5. The average Bonchev–Trinajstić information content (AvgIpc) is 3.26. The van der Waals surface area contributed by atoms with E-state index >= 15 is 0 Å². The van der Waals surface area contributed by atoms with E-state index in [4.69, 9.17) is 19.2 Å². The lowest BCUT2D eigenvalue weighted by molar-refractivity contribution is 0.174. The quantitative estimate of drug-likeness (QED) is 0.513. The van der Waals surface area contributed by atoms with Crippen molar-refractivity contribution in [3.8, 4) is 22.9 Å². The zero-order valence-corrected chi connectivity index (χ0v) is 16.2. The van der Waals surface area contributed by atoms with Crippen LogP contribution < -0.4 is 19.8 Å². The Morgan fingerprint density at radius 2 is 1.83 bits per heavy atom. The van der Waals surface area contributed by atoms with E-state index in [1.54, 1.807) is 17.7 Å². The molecule has 0 saturated carbocycles. The molecule has 0 N–H and O–H groups in total. The molecule has 0 atom stereocenters. The van der Waals surface area contributed by atoms with E-state index in [9.17, 15) is 4.79 Å². The molecule has 0 spiro atoms. The smallest absolute Gasteiger partial charge is 0.266 e. The van der Waals surface area contributed by atoms with Crippen molar-refractivity contribution in [3.63, 3.8) is 0 Å². The van der Waals surface area contributed by atoms with Crippen LogP contribution in [0.4, 0.5) is 0 Å².